The van der Waals surface area contributed by atoms with Crippen molar-refractivity contribution in [2.75, 3.05) is 14.2 Å². The minimum Gasteiger partial charge on any atom is -0.473 e. The molecule has 0 aliphatic carbocycles. The third-order valence-corrected chi connectivity index (χ3v) is 2.65. The average Bonchev–Trinajstić information content (AvgIpc) is 2.65. The van der Waals surface area contributed by atoms with Crippen molar-refractivity contribution < 1.29 is 19.4 Å². The molecule has 0 aliphatic heterocycles. The molecule has 6 heteroatoms. The number of esters is 1. The summed E-state index contributed by atoms with van der Waals surface area (Å²) in [4.78, 5) is 15.3. The van der Waals surface area contributed by atoms with E-state index in [1.807, 2.05) is 0 Å². The lowest BCUT2D eigenvalue weighted by molar-refractivity contribution is -0.142. The molecule has 1 aromatic heterocycles. The summed E-state index contributed by atoms with van der Waals surface area (Å²) in [5.74, 6) is -0.454. The van der Waals surface area contributed by atoms with Crippen LogP contribution in [0.25, 0.3) is 0 Å². The fraction of sp³-hybridized carbons (Fsp3) is 0.500. The molecule has 1 atom stereocenters. The van der Waals surface area contributed by atoms with Gasteiger partial charge in [-0.1, -0.05) is 11.3 Å². The summed E-state index contributed by atoms with van der Waals surface area (Å²) in [6, 6.07) is 0. The van der Waals surface area contributed by atoms with Crippen molar-refractivity contribution in [3.05, 3.63) is 11.1 Å². The Hall–Kier alpha value is -1.14. The van der Waals surface area contributed by atoms with Gasteiger partial charge in [-0.05, 0) is 0 Å². The first kappa shape index (κ1) is 10.9. The first-order chi connectivity index (χ1) is 6.67. The summed E-state index contributed by atoms with van der Waals surface area (Å²) in [7, 11) is 2.78. The molecular formula is C8H11NO4S. The normalized spacial score (nSPS) is 12.2. The van der Waals surface area contributed by atoms with Crippen LogP contribution < -0.4 is 4.74 Å². The number of rotatable bonds is 4. The number of methoxy groups -OCH3 is 2. The number of hydrogen-bond donors (Lipinski definition) is 1. The maximum Gasteiger partial charge on any atom is 0.308 e. The molecule has 5 nitrogen and oxygen atoms in total. The van der Waals surface area contributed by atoms with Crippen LogP contribution in [0.15, 0.2) is 6.20 Å². The second kappa shape index (κ2) is 4.92. The predicted molar refractivity (Wildman–Crippen MR) is 50.3 cm³/mol. The highest BCUT2D eigenvalue weighted by Crippen LogP contribution is 2.27. The largest absolute Gasteiger partial charge is 0.473 e. The zero-order valence-corrected chi connectivity index (χ0v) is 8.71. The number of nitrogens with zero attached hydrogens (tertiary/aromatic N) is 1. The second-order valence-corrected chi connectivity index (χ2v) is 3.55. The number of carbonyl (C=O) groups is 1. The topological polar surface area (TPSA) is 68.7 Å². The zero-order valence-electron chi connectivity index (χ0n) is 7.89. The van der Waals surface area contributed by atoms with Gasteiger partial charge in [-0.25, -0.2) is 4.98 Å². The minimum absolute atomic E-state index is 0.0676. The molecule has 0 saturated heterocycles. The second-order valence-electron chi connectivity index (χ2n) is 2.53. The summed E-state index contributed by atoms with van der Waals surface area (Å²) in [5.41, 5.74) is 0. The highest BCUT2D eigenvalue weighted by molar-refractivity contribution is 7.13. The molecule has 0 radical (unpaired) electrons. The van der Waals surface area contributed by atoms with E-state index in [4.69, 9.17) is 4.74 Å². The lowest BCUT2D eigenvalue weighted by Crippen LogP contribution is -2.06. The van der Waals surface area contributed by atoms with Gasteiger partial charge < -0.3 is 14.6 Å². The highest BCUT2D eigenvalue weighted by atomic mass is 32.1. The molecule has 1 rings (SSSR count). The summed E-state index contributed by atoms with van der Waals surface area (Å²) in [5, 5.41) is 10.0. The van der Waals surface area contributed by atoms with Crippen molar-refractivity contribution in [2.24, 2.45) is 0 Å². The zero-order chi connectivity index (χ0) is 10.6. The molecule has 0 amide bonds. The molecule has 0 unspecified atom stereocenters. The van der Waals surface area contributed by atoms with Gasteiger partial charge in [0.15, 0.2) is 0 Å². The lowest BCUT2D eigenvalue weighted by Gasteiger charge is -2.04. The van der Waals surface area contributed by atoms with Crippen molar-refractivity contribution >= 4 is 17.3 Å². The van der Waals surface area contributed by atoms with E-state index in [2.05, 4.69) is 9.72 Å². The molecule has 14 heavy (non-hydrogen) atoms. The van der Waals surface area contributed by atoms with Gasteiger partial charge in [-0.2, -0.15) is 0 Å². The van der Waals surface area contributed by atoms with E-state index < -0.39 is 12.1 Å². The Morgan fingerprint density at radius 1 is 1.71 bits per heavy atom. The SMILES string of the molecule is COC(=O)C[C@@H](O)c1cnc(OC)s1. The van der Waals surface area contributed by atoms with Gasteiger partial charge in [0.05, 0.1) is 25.5 Å². The van der Waals surface area contributed by atoms with Crippen molar-refractivity contribution in [1.29, 1.82) is 0 Å². The quantitative estimate of drug-likeness (QED) is 0.754. The Bertz CT molecular complexity index is 312. The number of hydrogen-bond acceptors (Lipinski definition) is 6. The number of aliphatic hydroxyl groups is 1. The van der Waals surface area contributed by atoms with Crippen LogP contribution in [0.3, 0.4) is 0 Å². The van der Waals surface area contributed by atoms with Gasteiger partial charge in [0.2, 0.25) is 0 Å². The van der Waals surface area contributed by atoms with E-state index in [0.717, 1.165) is 0 Å². The van der Waals surface area contributed by atoms with Crippen LogP contribution in [0, 0.1) is 0 Å². The molecule has 0 aromatic carbocycles. The van der Waals surface area contributed by atoms with Crippen LogP contribution in [-0.2, 0) is 9.53 Å². The van der Waals surface area contributed by atoms with Gasteiger partial charge in [0.1, 0.15) is 6.10 Å². The molecule has 0 saturated carbocycles. The molecule has 1 heterocycles. The van der Waals surface area contributed by atoms with Gasteiger partial charge in [0.25, 0.3) is 5.19 Å². The van der Waals surface area contributed by atoms with Crippen molar-refractivity contribution in [3.63, 3.8) is 0 Å². The first-order valence-electron chi connectivity index (χ1n) is 3.92. The van der Waals surface area contributed by atoms with E-state index in [0.29, 0.717) is 10.1 Å². The molecule has 0 aliphatic rings. The number of ether oxygens (including phenoxy) is 2. The van der Waals surface area contributed by atoms with Crippen LogP contribution in [0.2, 0.25) is 0 Å². The van der Waals surface area contributed by atoms with E-state index >= 15 is 0 Å². The fourth-order valence-electron chi connectivity index (χ4n) is 0.860. The number of thiazole rings is 1. The number of aromatic nitrogens is 1. The first-order valence-corrected chi connectivity index (χ1v) is 4.73. The maximum atomic E-state index is 10.8. The van der Waals surface area contributed by atoms with Gasteiger partial charge in [0, 0.05) is 6.20 Å². The van der Waals surface area contributed by atoms with Crippen LogP contribution in [0.5, 0.6) is 5.19 Å². The predicted octanol–water partition coefficient (Wildman–Crippen LogP) is 0.748. The number of aliphatic hydroxyl groups excluding tert-OH is 1. The van der Waals surface area contributed by atoms with E-state index in [9.17, 15) is 9.90 Å². The van der Waals surface area contributed by atoms with Gasteiger partial charge in [-0.15, -0.1) is 0 Å². The Kier molecular flexibility index (Phi) is 3.84. The number of carbonyl (C=O) groups excluding carboxylic acids is 1. The van der Waals surface area contributed by atoms with Crippen LogP contribution in [0.4, 0.5) is 0 Å². The molecular weight excluding hydrogens is 206 g/mol. The Labute approximate surface area is 85.3 Å². The highest BCUT2D eigenvalue weighted by Gasteiger charge is 2.16. The molecule has 1 N–H and O–H groups in total. The Morgan fingerprint density at radius 2 is 2.43 bits per heavy atom. The van der Waals surface area contributed by atoms with E-state index in [-0.39, 0.29) is 6.42 Å². The van der Waals surface area contributed by atoms with Crippen molar-refractivity contribution in [1.82, 2.24) is 4.98 Å². The smallest absolute Gasteiger partial charge is 0.308 e. The summed E-state index contributed by atoms with van der Waals surface area (Å²) in [6.45, 7) is 0. The Morgan fingerprint density at radius 3 is 2.93 bits per heavy atom. The summed E-state index contributed by atoms with van der Waals surface area (Å²) < 4.78 is 9.29. The lowest BCUT2D eigenvalue weighted by atomic mass is 10.2. The van der Waals surface area contributed by atoms with Crippen molar-refractivity contribution in [3.8, 4) is 5.19 Å². The van der Waals surface area contributed by atoms with Crippen LogP contribution >= 0.6 is 11.3 Å². The minimum atomic E-state index is -0.871. The van der Waals surface area contributed by atoms with E-state index in [1.54, 1.807) is 0 Å². The molecule has 0 fully saturated rings. The summed E-state index contributed by atoms with van der Waals surface area (Å²) >= 11 is 1.20. The molecule has 1 aromatic rings. The van der Waals surface area contributed by atoms with Crippen LogP contribution in [-0.4, -0.2) is 30.3 Å². The molecule has 78 valence electrons. The maximum absolute atomic E-state index is 10.8. The monoisotopic (exact) mass is 217 g/mol. The third kappa shape index (κ3) is 2.68. The van der Waals surface area contributed by atoms with Gasteiger partial charge >= 0.3 is 5.97 Å². The van der Waals surface area contributed by atoms with E-state index in [1.165, 1.54) is 31.8 Å². The summed E-state index contributed by atoms with van der Waals surface area (Å²) in [6.07, 6.45) is 0.544. The Balaban J connectivity index is 2.60. The molecule has 0 spiro atoms. The van der Waals surface area contributed by atoms with Crippen LogP contribution in [0.1, 0.15) is 17.4 Å². The van der Waals surface area contributed by atoms with Gasteiger partial charge in [-0.3, -0.25) is 4.79 Å². The standard InChI is InChI=1S/C8H11NO4S/c1-12-7(11)3-5(10)6-4-9-8(13-2)14-6/h4-5,10H,3H2,1-2H3/t5-/m1/s1. The third-order valence-electron chi connectivity index (χ3n) is 1.59. The fourth-order valence-corrected chi connectivity index (χ4v) is 1.58. The average molecular weight is 217 g/mol. The molecule has 0 bridgehead atoms. The van der Waals surface area contributed by atoms with Crippen molar-refractivity contribution in [2.45, 2.75) is 12.5 Å².